The lowest BCUT2D eigenvalue weighted by Crippen LogP contribution is -2.41. The van der Waals surface area contributed by atoms with Crippen molar-refractivity contribution >= 4 is 10.8 Å². The maximum atomic E-state index is 10.9. The summed E-state index contributed by atoms with van der Waals surface area (Å²) in [6, 6.07) is 0. The Bertz CT molecular complexity index is 139. The first-order valence-corrected chi connectivity index (χ1v) is 5.42. The van der Waals surface area contributed by atoms with Gasteiger partial charge >= 0.3 is 0 Å². The first-order chi connectivity index (χ1) is 5.18. The van der Waals surface area contributed by atoms with Gasteiger partial charge in [-0.1, -0.05) is 0 Å². The maximum Gasteiger partial charge on any atom is 0.0639 e. The predicted octanol–water partition coefficient (Wildman–Crippen LogP) is -0.568. The quantitative estimate of drug-likeness (QED) is 0.614. The van der Waals surface area contributed by atoms with Gasteiger partial charge in [-0.3, -0.25) is 9.11 Å². The van der Waals surface area contributed by atoms with Crippen molar-refractivity contribution in [2.45, 2.75) is 13.0 Å². The zero-order valence-electron chi connectivity index (χ0n) is 6.82. The van der Waals surface area contributed by atoms with E-state index in [2.05, 4.69) is 4.90 Å². The van der Waals surface area contributed by atoms with E-state index in [0.29, 0.717) is 0 Å². The molecule has 3 nitrogen and oxygen atoms in total. The molecule has 1 aliphatic rings. The van der Waals surface area contributed by atoms with Gasteiger partial charge in [0.1, 0.15) is 0 Å². The van der Waals surface area contributed by atoms with E-state index in [1.165, 1.54) is 0 Å². The zero-order valence-corrected chi connectivity index (χ0v) is 7.64. The fourth-order valence-electron chi connectivity index (χ4n) is 1.23. The minimum atomic E-state index is -0.599. The Morgan fingerprint density at radius 1 is 1.55 bits per heavy atom. The molecule has 0 aromatic rings. The van der Waals surface area contributed by atoms with Crippen molar-refractivity contribution in [1.82, 2.24) is 4.90 Å². The minimum Gasteiger partial charge on any atom is -0.392 e. The molecule has 11 heavy (non-hydrogen) atoms. The fourth-order valence-corrected chi connectivity index (χ4v) is 2.36. The molecule has 66 valence electrons. The number of aliphatic hydroxyl groups is 1. The van der Waals surface area contributed by atoms with E-state index < -0.39 is 10.8 Å². The zero-order chi connectivity index (χ0) is 8.27. The molecular weight excluding hydrogens is 162 g/mol. The number of hydrogen-bond acceptors (Lipinski definition) is 3. The second-order valence-corrected chi connectivity index (χ2v) is 4.69. The van der Waals surface area contributed by atoms with E-state index in [-0.39, 0.29) is 6.10 Å². The average Bonchev–Trinajstić information content (AvgIpc) is 1.93. The Kier molecular flexibility index (Phi) is 3.48. The standard InChI is InChI=1S/C7H15NO2S/c1-7(9)6-8-2-4-11(10)5-3-8/h7,9H,2-6H2,1H3. The van der Waals surface area contributed by atoms with Crippen LogP contribution in [0.5, 0.6) is 0 Å². The van der Waals surface area contributed by atoms with Crippen LogP contribution in [0.2, 0.25) is 0 Å². The van der Waals surface area contributed by atoms with Crippen LogP contribution in [-0.2, 0) is 10.8 Å². The molecule has 0 bridgehead atoms. The maximum absolute atomic E-state index is 10.9. The van der Waals surface area contributed by atoms with Crippen molar-refractivity contribution in [2.24, 2.45) is 0 Å². The first-order valence-electron chi connectivity index (χ1n) is 3.94. The summed E-state index contributed by atoms with van der Waals surface area (Å²) in [6.07, 6.45) is -0.262. The number of nitrogens with zero attached hydrogens (tertiary/aromatic N) is 1. The highest BCUT2D eigenvalue weighted by atomic mass is 32.2. The SMILES string of the molecule is CC(O)CN1CCS(=O)CC1. The highest BCUT2D eigenvalue weighted by Crippen LogP contribution is 2.00. The molecule has 0 spiro atoms. The summed E-state index contributed by atoms with van der Waals surface area (Å²) in [5, 5.41) is 9.05. The van der Waals surface area contributed by atoms with Crippen LogP contribution in [0.1, 0.15) is 6.92 Å². The Morgan fingerprint density at radius 2 is 2.09 bits per heavy atom. The highest BCUT2D eigenvalue weighted by molar-refractivity contribution is 7.85. The second-order valence-electron chi connectivity index (χ2n) is 3.00. The summed E-state index contributed by atoms with van der Waals surface area (Å²) in [4.78, 5) is 2.16. The number of hydrogen-bond donors (Lipinski definition) is 1. The van der Waals surface area contributed by atoms with Gasteiger partial charge in [-0.25, -0.2) is 0 Å². The van der Waals surface area contributed by atoms with Gasteiger partial charge in [-0.2, -0.15) is 0 Å². The molecule has 0 aliphatic carbocycles. The Balaban J connectivity index is 2.22. The number of aliphatic hydroxyl groups excluding tert-OH is 1. The lowest BCUT2D eigenvalue weighted by Gasteiger charge is -2.26. The molecule has 0 amide bonds. The molecule has 1 fully saturated rings. The molecule has 0 aromatic heterocycles. The van der Waals surface area contributed by atoms with Crippen molar-refractivity contribution in [1.29, 1.82) is 0 Å². The lowest BCUT2D eigenvalue weighted by atomic mass is 10.3. The van der Waals surface area contributed by atoms with Crippen LogP contribution in [0.25, 0.3) is 0 Å². The van der Waals surface area contributed by atoms with Crippen LogP contribution >= 0.6 is 0 Å². The summed E-state index contributed by atoms with van der Waals surface area (Å²) in [7, 11) is -0.599. The molecule has 0 saturated carbocycles. The summed E-state index contributed by atoms with van der Waals surface area (Å²) < 4.78 is 10.9. The van der Waals surface area contributed by atoms with E-state index in [9.17, 15) is 4.21 Å². The largest absolute Gasteiger partial charge is 0.392 e. The molecule has 1 atom stereocenters. The normalized spacial score (nSPS) is 25.3. The van der Waals surface area contributed by atoms with E-state index >= 15 is 0 Å². The van der Waals surface area contributed by atoms with Crippen molar-refractivity contribution in [3.63, 3.8) is 0 Å². The van der Waals surface area contributed by atoms with Crippen molar-refractivity contribution in [3.8, 4) is 0 Å². The molecule has 1 rings (SSSR count). The molecule has 1 heterocycles. The van der Waals surface area contributed by atoms with Crippen molar-refractivity contribution in [2.75, 3.05) is 31.1 Å². The van der Waals surface area contributed by atoms with Crippen LogP contribution in [0.3, 0.4) is 0 Å². The third kappa shape index (κ3) is 3.31. The van der Waals surface area contributed by atoms with Gasteiger partial charge in [0, 0.05) is 41.9 Å². The van der Waals surface area contributed by atoms with Gasteiger partial charge in [0.2, 0.25) is 0 Å². The Labute approximate surface area is 69.9 Å². The molecule has 0 aromatic carbocycles. The van der Waals surface area contributed by atoms with Gasteiger partial charge in [0.25, 0.3) is 0 Å². The molecule has 0 radical (unpaired) electrons. The van der Waals surface area contributed by atoms with Crippen LogP contribution in [0.4, 0.5) is 0 Å². The monoisotopic (exact) mass is 177 g/mol. The fraction of sp³-hybridized carbons (Fsp3) is 1.00. The number of rotatable bonds is 2. The summed E-state index contributed by atoms with van der Waals surface area (Å²) in [5.41, 5.74) is 0. The first kappa shape index (κ1) is 9.16. The average molecular weight is 177 g/mol. The van der Waals surface area contributed by atoms with Crippen LogP contribution in [0.15, 0.2) is 0 Å². The van der Waals surface area contributed by atoms with Gasteiger partial charge in [0.05, 0.1) is 6.10 Å². The second kappa shape index (κ2) is 4.18. The lowest BCUT2D eigenvalue weighted by molar-refractivity contribution is 0.132. The molecule has 1 saturated heterocycles. The van der Waals surface area contributed by atoms with E-state index in [1.807, 2.05) is 0 Å². The topological polar surface area (TPSA) is 40.5 Å². The van der Waals surface area contributed by atoms with Gasteiger partial charge in [-0.05, 0) is 6.92 Å². The van der Waals surface area contributed by atoms with Crippen LogP contribution < -0.4 is 0 Å². The van der Waals surface area contributed by atoms with Crippen LogP contribution in [-0.4, -0.2) is 51.5 Å². The molecular formula is C7H15NO2S. The predicted molar refractivity (Wildman–Crippen MR) is 46.0 cm³/mol. The van der Waals surface area contributed by atoms with E-state index in [1.54, 1.807) is 6.92 Å². The third-order valence-corrected chi connectivity index (χ3v) is 3.07. The van der Waals surface area contributed by atoms with Crippen LogP contribution in [0, 0.1) is 0 Å². The minimum absolute atomic E-state index is 0.262. The molecule has 1 N–H and O–H groups in total. The smallest absolute Gasteiger partial charge is 0.0639 e. The highest BCUT2D eigenvalue weighted by Gasteiger charge is 2.15. The van der Waals surface area contributed by atoms with Gasteiger partial charge in [-0.15, -0.1) is 0 Å². The summed E-state index contributed by atoms with van der Waals surface area (Å²) in [5.74, 6) is 1.54. The Hall–Kier alpha value is 0.0700. The third-order valence-electron chi connectivity index (χ3n) is 1.79. The summed E-state index contributed by atoms with van der Waals surface area (Å²) >= 11 is 0. The van der Waals surface area contributed by atoms with Gasteiger partial charge in [0.15, 0.2) is 0 Å². The van der Waals surface area contributed by atoms with E-state index in [0.717, 1.165) is 31.1 Å². The van der Waals surface area contributed by atoms with Gasteiger partial charge < -0.3 is 5.11 Å². The molecule has 4 heteroatoms. The number of β-amino-alcohol motifs (C(OH)–C–C–N with tert-alkyl or cyclic N) is 1. The van der Waals surface area contributed by atoms with E-state index in [4.69, 9.17) is 5.11 Å². The van der Waals surface area contributed by atoms with Crippen molar-refractivity contribution < 1.29 is 9.32 Å². The summed E-state index contributed by atoms with van der Waals surface area (Å²) in [6.45, 7) is 4.25. The van der Waals surface area contributed by atoms with Crippen molar-refractivity contribution in [3.05, 3.63) is 0 Å². The Morgan fingerprint density at radius 3 is 2.55 bits per heavy atom. The molecule has 1 aliphatic heterocycles. The molecule has 1 unspecified atom stereocenters.